The molecule has 0 radical (unpaired) electrons. The van der Waals surface area contributed by atoms with Crippen LogP contribution >= 0.6 is 0 Å². The van der Waals surface area contributed by atoms with E-state index in [1.165, 1.54) is 6.33 Å². The molecule has 0 aliphatic carbocycles. The van der Waals surface area contributed by atoms with Crippen LogP contribution in [0.2, 0.25) is 0 Å². The molecule has 9 heteroatoms. The second kappa shape index (κ2) is 6.73. The predicted molar refractivity (Wildman–Crippen MR) is 109 cm³/mol. The second-order valence-electron chi connectivity index (χ2n) is 8.10. The number of carbonyl (C=O) groups excluding carboxylic acids is 1. The number of alkyl halides is 2. The van der Waals surface area contributed by atoms with Gasteiger partial charge in [-0.25, -0.2) is 18.7 Å². The Bertz CT molecular complexity index is 1150. The minimum absolute atomic E-state index is 0.0970. The Morgan fingerprint density at radius 1 is 1.27 bits per heavy atom. The van der Waals surface area contributed by atoms with Crippen molar-refractivity contribution in [2.75, 3.05) is 25.4 Å². The van der Waals surface area contributed by atoms with Gasteiger partial charge >= 0.3 is 0 Å². The lowest BCUT2D eigenvalue weighted by Crippen LogP contribution is -2.50. The van der Waals surface area contributed by atoms with Crippen molar-refractivity contribution in [2.45, 2.75) is 31.7 Å². The monoisotopic (exact) mass is 412 g/mol. The van der Waals surface area contributed by atoms with Crippen molar-refractivity contribution in [1.29, 1.82) is 0 Å². The van der Waals surface area contributed by atoms with Crippen LogP contribution in [0.5, 0.6) is 0 Å². The number of carbonyl (C=O) groups is 1. The first-order valence-electron chi connectivity index (χ1n) is 9.94. The number of nitrogens with one attached hydrogen (secondary N) is 1. The summed E-state index contributed by atoms with van der Waals surface area (Å²) < 4.78 is 27.5. The van der Waals surface area contributed by atoms with Crippen LogP contribution in [0.25, 0.3) is 16.7 Å². The standard InChI is InChI=1S/C21H22F2N6O/c1-12-8-13(29-5-2-14-18(24)25-11-26-19(14)29)9-15-17(12)20(30)27-21(15)3-6-28(7-4-21)10-16(22)23/h2,5,8-9,11,16H,3-4,6-7,10H2,1H3,(H,27,30)(H2,24,25,26). The van der Waals surface area contributed by atoms with Crippen LogP contribution in [-0.2, 0) is 5.54 Å². The van der Waals surface area contributed by atoms with Gasteiger partial charge in [-0.05, 0) is 49.1 Å². The van der Waals surface area contributed by atoms with E-state index in [1.807, 2.05) is 35.9 Å². The molecule has 0 atom stereocenters. The van der Waals surface area contributed by atoms with Crippen LogP contribution in [0.4, 0.5) is 14.6 Å². The molecular formula is C21H22F2N6O. The topological polar surface area (TPSA) is 89.1 Å². The highest BCUT2D eigenvalue weighted by Crippen LogP contribution is 2.42. The van der Waals surface area contributed by atoms with Gasteiger partial charge in [0.15, 0.2) is 0 Å². The number of piperidine rings is 1. The number of amides is 1. The Hall–Kier alpha value is -3.07. The Morgan fingerprint density at radius 3 is 2.77 bits per heavy atom. The van der Waals surface area contributed by atoms with Crippen LogP contribution in [0.1, 0.15) is 34.3 Å². The lowest BCUT2D eigenvalue weighted by atomic mass is 9.80. The molecular weight excluding hydrogens is 390 g/mol. The zero-order valence-corrected chi connectivity index (χ0v) is 16.5. The van der Waals surface area contributed by atoms with E-state index in [-0.39, 0.29) is 12.5 Å². The Balaban J connectivity index is 1.57. The summed E-state index contributed by atoms with van der Waals surface area (Å²) in [5.41, 5.74) is 9.51. The van der Waals surface area contributed by atoms with Crippen LogP contribution in [0.15, 0.2) is 30.7 Å². The summed E-state index contributed by atoms with van der Waals surface area (Å²) in [6, 6.07) is 5.84. The number of aromatic nitrogens is 3. The summed E-state index contributed by atoms with van der Waals surface area (Å²) in [7, 11) is 0. The average molecular weight is 412 g/mol. The molecule has 1 fully saturated rings. The van der Waals surface area contributed by atoms with Crippen molar-refractivity contribution < 1.29 is 13.6 Å². The number of rotatable bonds is 3. The second-order valence-corrected chi connectivity index (χ2v) is 8.10. The van der Waals surface area contributed by atoms with Gasteiger partial charge in [-0.2, -0.15) is 0 Å². The van der Waals surface area contributed by atoms with Crippen LogP contribution in [-0.4, -0.2) is 51.4 Å². The maximum atomic E-state index is 12.8. The van der Waals surface area contributed by atoms with E-state index >= 15 is 0 Å². The van der Waals surface area contributed by atoms with Gasteiger partial charge in [0.25, 0.3) is 12.3 Å². The minimum atomic E-state index is -2.35. The Kier molecular flexibility index (Phi) is 4.25. The maximum absolute atomic E-state index is 12.8. The number of likely N-dealkylation sites (tertiary alicyclic amines) is 1. The summed E-state index contributed by atoms with van der Waals surface area (Å²) in [5.74, 6) is 0.316. The molecule has 7 nitrogen and oxygen atoms in total. The van der Waals surface area contributed by atoms with Gasteiger partial charge in [-0.1, -0.05) is 0 Å². The number of aryl methyl sites for hydroxylation is 1. The number of halogens is 2. The molecule has 5 rings (SSSR count). The van der Waals surface area contributed by atoms with Crippen LogP contribution in [0.3, 0.4) is 0 Å². The number of anilines is 1. The number of nitrogen functional groups attached to an aromatic ring is 1. The Morgan fingerprint density at radius 2 is 2.03 bits per heavy atom. The summed E-state index contributed by atoms with van der Waals surface area (Å²) in [6.07, 6.45) is 2.17. The molecule has 1 amide bonds. The highest BCUT2D eigenvalue weighted by Gasteiger charge is 2.45. The SMILES string of the molecule is Cc1cc(-n2ccc3c(N)ncnc32)cc2c1C(=O)NC21CCN(CC(F)F)CC1. The van der Waals surface area contributed by atoms with Crippen molar-refractivity contribution in [3.05, 3.63) is 47.4 Å². The third-order valence-corrected chi connectivity index (χ3v) is 6.31. The van der Waals surface area contributed by atoms with E-state index < -0.39 is 12.0 Å². The first-order chi connectivity index (χ1) is 14.4. The molecule has 1 saturated heterocycles. The summed E-state index contributed by atoms with van der Waals surface area (Å²) in [5, 5.41) is 3.92. The molecule has 1 spiro atoms. The molecule has 2 aliphatic rings. The van der Waals surface area contributed by atoms with Gasteiger partial charge in [-0.15, -0.1) is 0 Å². The number of hydrogen-bond acceptors (Lipinski definition) is 5. The molecule has 0 bridgehead atoms. The van der Waals surface area contributed by atoms with Crippen LogP contribution < -0.4 is 11.1 Å². The minimum Gasteiger partial charge on any atom is -0.383 e. The summed E-state index contributed by atoms with van der Waals surface area (Å²) >= 11 is 0. The first kappa shape index (κ1) is 18.9. The molecule has 3 N–H and O–H groups in total. The fourth-order valence-electron chi connectivity index (χ4n) is 4.82. The first-order valence-corrected chi connectivity index (χ1v) is 9.94. The quantitative estimate of drug-likeness (QED) is 0.690. The number of nitrogens with zero attached hydrogens (tertiary/aromatic N) is 4. The zero-order chi connectivity index (χ0) is 21.0. The van der Waals surface area contributed by atoms with Gasteiger partial charge in [0, 0.05) is 30.5 Å². The Labute approximate surface area is 171 Å². The molecule has 156 valence electrons. The fraction of sp³-hybridized carbons (Fsp3) is 0.381. The number of benzene rings is 1. The molecule has 1 aromatic carbocycles. The van der Waals surface area contributed by atoms with Crippen molar-refractivity contribution in [1.82, 2.24) is 24.8 Å². The maximum Gasteiger partial charge on any atom is 0.252 e. The molecule has 0 saturated carbocycles. The normalized spacial score (nSPS) is 18.3. The van der Waals surface area contributed by atoms with Crippen molar-refractivity contribution in [3.8, 4) is 5.69 Å². The van der Waals surface area contributed by atoms with Gasteiger partial charge < -0.3 is 15.6 Å². The third kappa shape index (κ3) is 2.84. The van der Waals surface area contributed by atoms with Crippen molar-refractivity contribution in [3.63, 3.8) is 0 Å². The average Bonchev–Trinajstić information content (AvgIpc) is 3.24. The molecule has 2 aromatic heterocycles. The number of hydrogen-bond donors (Lipinski definition) is 2. The van der Waals surface area contributed by atoms with Gasteiger partial charge in [0.1, 0.15) is 17.8 Å². The van der Waals surface area contributed by atoms with E-state index in [4.69, 9.17) is 5.73 Å². The third-order valence-electron chi connectivity index (χ3n) is 6.31. The number of nitrogens with two attached hydrogens (primary N) is 1. The largest absolute Gasteiger partial charge is 0.383 e. The summed E-state index contributed by atoms with van der Waals surface area (Å²) in [4.78, 5) is 23.0. The molecule has 0 unspecified atom stereocenters. The molecule has 4 heterocycles. The van der Waals surface area contributed by atoms with E-state index in [0.29, 0.717) is 43.0 Å². The number of fused-ring (bicyclic) bond motifs is 3. The highest BCUT2D eigenvalue weighted by molar-refractivity contribution is 6.02. The van der Waals surface area contributed by atoms with E-state index in [0.717, 1.165) is 22.2 Å². The van der Waals surface area contributed by atoms with Gasteiger partial charge in [0.05, 0.1) is 17.5 Å². The zero-order valence-electron chi connectivity index (χ0n) is 16.5. The predicted octanol–water partition coefficient (Wildman–Crippen LogP) is 2.61. The lowest BCUT2D eigenvalue weighted by molar-refractivity contribution is 0.0554. The molecule has 3 aromatic rings. The van der Waals surface area contributed by atoms with E-state index in [1.54, 1.807) is 4.90 Å². The fourth-order valence-corrected chi connectivity index (χ4v) is 4.82. The molecule has 2 aliphatic heterocycles. The van der Waals surface area contributed by atoms with Gasteiger partial charge in [0.2, 0.25) is 0 Å². The van der Waals surface area contributed by atoms with Gasteiger partial charge in [-0.3, -0.25) is 9.69 Å². The smallest absolute Gasteiger partial charge is 0.252 e. The van der Waals surface area contributed by atoms with Crippen molar-refractivity contribution in [2.24, 2.45) is 0 Å². The molecule has 30 heavy (non-hydrogen) atoms. The lowest BCUT2D eigenvalue weighted by Gasteiger charge is -2.40. The van der Waals surface area contributed by atoms with Crippen LogP contribution in [0, 0.1) is 6.92 Å². The van der Waals surface area contributed by atoms with Crippen molar-refractivity contribution >= 4 is 22.8 Å². The van der Waals surface area contributed by atoms with E-state index in [2.05, 4.69) is 15.3 Å². The highest BCUT2D eigenvalue weighted by atomic mass is 19.3. The van der Waals surface area contributed by atoms with E-state index in [9.17, 15) is 13.6 Å². The summed E-state index contributed by atoms with van der Waals surface area (Å²) in [6.45, 7) is 2.72.